The zero-order chi connectivity index (χ0) is 26.1. The molecule has 8 N–H and O–H groups in total. The van der Waals surface area contributed by atoms with E-state index in [0.29, 0.717) is 5.57 Å². The summed E-state index contributed by atoms with van der Waals surface area (Å²) in [5.41, 5.74) is 17.6. The molecule has 190 valence electrons. The van der Waals surface area contributed by atoms with Gasteiger partial charge in [-0.1, -0.05) is 17.8 Å². The molecule has 4 rings (SSSR count). The maximum atomic E-state index is 13.1. The van der Waals surface area contributed by atoms with Gasteiger partial charge in [0.1, 0.15) is 47.2 Å². The Morgan fingerprint density at radius 2 is 2.19 bits per heavy atom. The number of carboxylic acids is 1. The summed E-state index contributed by atoms with van der Waals surface area (Å²) < 4.78 is 0. The lowest BCUT2D eigenvalue weighted by molar-refractivity contribution is -0.150. The normalized spacial score (nSPS) is 23.9. The molecule has 1 fully saturated rings. The minimum atomic E-state index is -1.32. The summed E-state index contributed by atoms with van der Waals surface area (Å²) >= 11 is 2.38. The molecule has 0 bridgehead atoms. The van der Waals surface area contributed by atoms with E-state index in [0.717, 1.165) is 16.2 Å². The number of carbonyl (C=O) groups excluding carboxylic acids is 2. The second-order valence-electron chi connectivity index (χ2n) is 7.72. The van der Waals surface area contributed by atoms with Crippen molar-refractivity contribution in [3.8, 4) is 0 Å². The molecule has 0 saturated carbocycles. The zero-order valence-corrected chi connectivity index (χ0v) is 20.6. The number of amidine groups is 1. The Labute approximate surface area is 213 Å². The molecule has 2 unspecified atom stereocenters. The van der Waals surface area contributed by atoms with E-state index in [4.69, 9.17) is 22.0 Å². The van der Waals surface area contributed by atoms with Crippen molar-refractivity contribution in [3.63, 3.8) is 0 Å². The number of nitrogen functional groups attached to an aromatic ring is 1. The highest BCUT2D eigenvalue weighted by Crippen LogP contribution is 2.41. The standard InChI is InChI=1S/C20H23N9O5S2/c1-3-4-34-27-12(9-7-36-20(23)24-9)16(30)26-13-17(31)29-14(19(32)33)8(6-35-18(13)29)15-25-10(21)5-11(22)28(15)2/h3,5,7,11,13,18H,1,4,6,21-22H2,2H3,(H2,23,24)(H,26,30)(H,32,33)/b27-12-/t11?,13?,18-/m0/s1. The van der Waals surface area contributed by atoms with Gasteiger partial charge in [-0.15, -0.1) is 23.1 Å². The van der Waals surface area contributed by atoms with Crippen LogP contribution in [-0.4, -0.2) is 86.2 Å². The number of nitrogens with two attached hydrogens (primary N) is 3. The first-order chi connectivity index (χ1) is 17.1. The van der Waals surface area contributed by atoms with Crippen LogP contribution >= 0.6 is 23.1 Å². The third kappa shape index (κ3) is 4.52. The first kappa shape index (κ1) is 25.2. The number of hydrogen-bond donors (Lipinski definition) is 5. The minimum Gasteiger partial charge on any atom is -0.477 e. The Kier molecular flexibility index (Phi) is 7.00. The van der Waals surface area contributed by atoms with Crippen molar-refractivity contribution in [2.45, 2.75) is 17.6 Å². The average molecular weight is 534 g/mol. The number of fused-ring (bicyclic) bond motifs is 1. The topological polar surface area (TPSA) is 215 Å². The van der Waals surface area contributed by atoms with Crippen LogP contribution in [0.15, 0.2) is 51.4 Å². The number of carboxylic acid groups (broad SMARTS) is 1. The molecular formula is C20H23N9O5S2. The van der Waals surface area contributed by atoms with Crippen LogP contribution < -0.4 is 22.5 Å². The van der Waals surface area contributed by atoms with E-state index < -0.39 is 35.4 Å². The largest absolute Gasteiger partial charge is 0.477 e. The van der Waals surface area contributed by atoms with Gasteiger partial charge in [-0.25, -0.2) is 14.8 Å². The Morgan fingerprint density at radius 1 is 1.44 bits per heavy atom. The zero-order valence-electron chi connectivity index (χ0n) is 19.0. The molecule has 3 atom stereocenters. The Balaban J connectivity index is 1.59. The fourth-order valence-corrected chi connectivity index (χ4v) is 5.59. The van der Waals surface area contributed by atoms with E-state index in [1.807, 2.05) is 0 Å². The third-order valence-corrected chi connectivity index (χ3v) is 7.37. The van der Waals surface area contributed by atoms with Crippen molar-refractivity contribution in [2.24, 2.45) is 21.6 Å². The fraction of sp³-hybridized carbons (Fsp3) is 0.300. The lowest BCUT2D eigenvalue weighted by atomic mass is 10.0. The van der Waals surface area contributed by atoms with Gasteiger partial charge in [0.2, 0.25) is 0 Å². The lowest BCUT2D eigenvalue weighted by Gasteiger charge is -2.50. The van der Waals surface area contributed by atoms with Crippen LogP contribution in [-0.2, 0) is 19.2 Å². The predicted molar refractivity (Wildman–Crippen MR) is 134 cm³/mol. The molecular weight excluding hydrogens is 510 g/mol. The van der Waals surface area contributed by atoms with E-state index in [1.54, 1.807) is 11.9 Å². The van der Waals surface area contributed by atoms with E-state index >= 15 is 0 Å². The summed E-state index contributed by atoms with van der Waals surface area (Å²) in [7, 11) is 1.65. The van der Waals surface area contributed by atoms with Crippen LogP contribution in [0.5, 0.6) is 0 Å². The monoisotopic (exact) mass is 533 g/mol. The van der Waals surface area contributed by atoms with Gasteiger partial charge in [0.05, 0.1) is 0 Å². The number of amides is 2. The van der Waals surface area contributed by atoms with Crippen molar-refractivity contribution in [1.82, 2.24) is 20.1 Å². The van der Waals surface area contributed by atoms with Crippen molar-refractivity contribution in [3.05, 3.63) is 46.9 Å². The Morgan fingerprint density at radius 3 is 2.83 bits per heavy atom. The van der Waals surface area contributed by atoms with E-state index in [2.05, 4.69) is 27.0 Å². The number of carbonyl (C=O) groups is 3. The van der Waals surface area contributed by atoms with Gasteiger partial charge in [0.15, 0.2) is 10.8 Å². The van der Waals surface area contributed by atoms with Crippen LogP contribution in [0.3, 0.4) is 0 Å². The molecule has 4 heterocycles. The smallest absolute Gasteiger partial charge is 0.353 e. The van der Waals surface area contributed by atoms with Gasteiger partial charge in [-0.2, -0.15) is 0 Å². The van der Waals surface area contributed by atoms with Crippen LogP contribution in [0, 0.1) is 0 Å². The number of oxime groups is 1. The van der Waals surface area contributed by atoms with Gasteiger partial charge in [-0.3, -0.25) is 14.5 Å². The van der Waals surface area contributed by atoms with Gasteiger partial charge in [0.25, 0.3) is 11.8 Å². The number of likely N-dealkylation sites (N-methyl/N-ethyl adjacent to an activating group) is 1. The highest BCUT2D eigenvalue weighted by atomic mass is 32.2. The molecule has 1 aromatic rings. The van der Waals surface area contributed by atoms with Gasteiger partial charge < -0.3 is 37.4 Å². The van der Waals surface area contributed by atoms with Crippen LogP contribution in [0.2, 0.25) is 0 Å². The highest BCUT2D eigenvalue weighted by Gasteiger charge is 2.55. The number of thioether (sulfide) groups is 1. The third-order valence-electron chi connectivity index (χ3n) is 5.41. The van der Waals surface area contributed by atoms with Crippen LogP contribution in [0.25, 0.3) is 0 Å². The van der Waals surface area contributed by atoms with E-state index in [1.165, 1.54) is 29.3 Å². The molecule has 3 aliphatic heterocycles. The first-order valence-electron chi connectivity index (χ1n) is 10.4. The Hall–Kier alpha value is -3.89. The maximum Gasteiger partial charge on any atom is 0.353 e. The van der Waals surface area contributed by atoms with Crippen molar-refractivity contribution in [2.75, 3.05) is 25.1 Å². The number of rotatable bonds is 8. The number of β-lactam (4-membered cyclic amide) rings is 1. The number of thiazole rings is 1. The van der Waals surface area contributed by atoms with Crippen molar-refractivity contribution < 1.29 is 24.3 Å². The first-order valence-corrected chi connectivity index (χ1v) is 12.4. The van der Waals surface area contributed by atoms with Gasteiger partial charge >= 0.3 is 5.97 Å². The molecule has 36 heavy (non-hydrogen) atoms. The number of aliphatic carboxylic acids is 1. The highest BCUT2D eigenvalue weighted by molar-refractivity contribution is 8.00. The van der Waals surface area contributed by atoms with E-state index in [-0.39, 0.29) is 46.3 Å². The predicted octanol–water partition coefficient (Wildman–Crippen LogP) is -1.20. The van der Waals surface area contributed by atoms with Gasteiger partial charge in [-0.05, 0) is 6.08 Å². The molecule has 1 saturated heterocycles. The molecule has 0 spiro atoms. The average Bonchev–Trinajstić information content (AvgIpc) is 3.27. The number of anilines is 1. The molecule has 0 aliphatic carbocycles. The maximum absolute atomic E-state index is 13.1. The number of aromatic nitrogens is 1. The second-order valence-corrected chi connectivity index (χ2v) is 9.71. The second kappa shape index (κ2) is 10.00. The van der Waals surface area contributed by atoms with Gasteiger partial charge in [0, 0.05) is 23.8 Å². The molecule has 16 heteroatoms. The lowest BCUT2D eigenvalue weighted by Crippen LogP contribution is -2.71. The summed E-state index contributed by atoms with van der Waals surface area (Å²) in [5.74, 6) is -2.04. The number of nitrogens with one attached hydrogen (secondary N) is 1. The number of hydrogen-bond acceptors (Lipinski definition) is 13. The quantitative estimate of drug-likeness (QED) is 0.0879. The SMILES string of the molecule is C=CCO/N=C(\C(=O)NC1C(=O)N2C(C(=O)O)=C(C3=NC(N)=CC(N)N3C)CS[C@@H]12)c1csc(N)n1. The Bertz CT molecular complexity index is 1250. The summed E-state index contributed by atoms with van der Waals surface area (Å²) in [5, 5.41) is 17.5. The van der Waals surface area contributed by atoms with E-state index in [9.17, 15) is 19.5 Å². The summed E-state index contributed by atoms with van der Waals surface area (Å²) in [6.45, 7) is 3.56. The molecule has 0 aromatic carbocycles. The minimum absolute atomic E-state index is 0.0439. The summed E-state index contributed by atoms with van der Waals surface area (Å²) in [4.78, 5) is 54.4. The fourth-order valence-electron chi connectivity index (χ4n) is 3.70. The molecule has 14 nitrogen and oxygen atoms in total. The molecule has 0 radical (unpaired) electrons. The molecule has 1 aromatic heterocycles. The number of nitrogens with zero attached hydrogens (tertiary/aromatic N) is 5. The summed E-state index contributed by atoms with van der Waals surface area (Å²) in [6.07, 6.45) is 2.36. The van der Waals surface area contributed by atoms with Crippen molar-refractivity contribution in [1.29, 1.82) is 0 Å². The van der Waals surface area contributed by atoms with Crippen LogP contribution in [0.1, 0.15) is 5.69 Å². The van der Waals surface area contributed by atoms with Crippen molar-refractivity contribution >= 4 is 57.6 Å². The number of aliphatic imine (C=N–C) groups is 1. The molecule has 2 amide bonds. The summed E-state index contributed by atoms with van der Waals surface area (Å²) in [6, 6.07) is -1.00. The molecule has 3 aliphatic rings. The van der Waals surface area contributed by atoms with Crippen LogP contribution in [0.4, 0.5) is 5.13 Å².